The van der Waals surface area contributed by atoms with Crippen molar-refractivity contribution < 1.29 is 9.50 Å². The maximum atomic E-state index is 13.7. The van der Waals surface area contributed by atoms with Crippen molar-refractivity contribution in [1.82, 2.24) is 14.5 Å². The summed E-state index contributed by atoms with van der Waals surface area (Å²) in [6.45, 7) is 6.92. The predicted octanol–water partition coefficient (Wildman–Crippen LogP) is 2.19. The van der Waals surface area contributed by atoms with Crippen molar-refractivity contribution in [2.75, 3.05) is 13.1 Å². The molecule has 0 saturated heterocycles. The fraction of sp³-hybridized carbons (Fsp3) is 0.438. The monoisotopic (exact) mass is 289 g/mol. The zero-order valence-electron chi connectivity index (χ0n) is 12.4. The van der Waals surface area contributed by atoms with Crippen molar-refractivity contribution in [1.29, 1.82) is 0 Å². The van der Waals surface area contributed by atoms with Gasteiger partial charge >= 0.3 is 0 Å². The highest BCUT2D eigenvalue weighted by molar-refractivity contribution is 5.20. The minimum absolute atomic E-state index is 0.352. The summed E-state index contributed by atoms with van der Waals surface area (Å²) in [5.74, 6) is 0.673. The van der Waals surface area contributed by atoms with Crippen molar-refractivity contribution in [3.8, 4) is 0 Å². The molecule has 1 unspecified atom stereocenters. The van der Waals surface area contributed by atoms with Crippen LogP contribution in [0.3, 0.4) is 0 Å². The molecule has 0 fully saturated rings. The van der Waals surface area contributed by atoms with E-state index in [9.17, 15) is 9.50 Å². The molecule has 2 heterocycles. The molecule has 1 aliphatic heterocycles. The van der Waals surface area contributed by atoms with Gasteiger partial charge in [0, 0.05) is 30.9 Å². The topological polar surface area (TPSA) is 41.3 Å². The van der Waals surface area contributed by atoms with Gasteiger partial charge in [0.05, 0.1) is 18.3 Å². The smallest absolute Gasteiger partial charge is 0.129 e. The van der Waals surface area contributed by atoms with Crippen LogP contribution in [0.25, 0.3) is 0 Å². The number of aliphatic hydroxyl groups excluding tert-OH is 1. The summed E-state index contributed by atoms with van der Waals surface area (Å²) in [6.07, 6.45) is -0.810. The van der Waals surface area contributed by atoms with Crippen LogP contribution in [0.4, 0.5) is 4.39 Å². The Morgan fingerprint density at radius 2 is 2.05 bits per heavy atom. The third kappa shape index (κ3) is 2.71. The Morgan fingerprint density at radius 1 is 1.29 bits per heavy atom. The number of nitrogens with zero attached hydrogens (tertiary/aromatic N) is 3. The van der Waals surface area contributed by atoms with Crippen molar-refractivity contribution in [3.05, 3.63) is 52.9 Å². The number of imidazole rings is 1. The number of rotatable bonds is 3. The highest BCUT2D eigenvalue weighted by Crippen LogP contribution is 2.21. The molecule has 0 saturated carbocycles. The maximum Gasteiger partial charge on any atom is 0.129 e. The van der Waals surface area contributed by atoms with E-state index in [4.69, 9.17) is 0 Å². The summed E-state index contributed by atoms with van der Waals surface area (Å²) in [7, 11) is 0. The second kappa shape index (κ2) is 5.58. The molecule has 21 heavy (non-hydrogen) atoms. The number of aryl methyl sites for hydroxylation is 1. The number of hydrogen-bond donors (Lipinski definition) is 1. The van der Waals surface area contributed by atoms with E-state index in [2.05, 4.69) is 21.4 Å². The third-order valence-electron chi connectivity index (χ3n) is 4.24. The van der Waals surface area contributed by atoms with Gasteiger partial charge in [0.15, 0.2) is 0 Å². The van der Waals surface area contributed by atoms with Gasteiger partial charge in [-0.25, -0.2) is 9.37 Å². The number of halogens is 1. The van der Waals surface area contributed by atoms with E-state index >= 15 is 0 Å². The molecule has 3 rings (SSSR count). The molecule has 1 aromatic heterocycles. The third-order valence-corrected chi connectivity index (χ3v) is 4.24. The summed E-state index contributed by atoms with van der Waals surface area (Å²) >= 11 is 0. The van der Waals surface area contributed by atoms with E-state index < -0.39 is 6.10 Å². The normalized spacial score (nSPS) is 16.8. The Labute approximate surface area is 123 Å². The van der Waals surface area contributed by atoms with Crippen molar-refractivity contribution in [2.45, 2.75) is 33.0 Å². The predicted molar refractivity (Wildman–Crippen MR) is 78.3 cm³/mol. The molecule has 0 aliphatic carbocycles. The fourth-order valence-corrected chi connectivity index (χ4v) is 2.91. The van der Waals surface area contributed by atoms with Crippen molar-refractivity contribution in [3.63, 3.8) is 0 Å². The lowest BCUT2D eigenvalue weighted by molar-refractivity contribution is 0.0935. The van der Waals surface area contributed by atoms with Crippen LogP contribution in [0.1, 0.15) is 28.9 Å². The van der Waals surface area contributed by atoms with Gasteiger partial charge in [-0.2, -0.15) is 0 Å². The first kappa shape index (κ1) is 14.2. The molecule has 1 atom stereocenters. The molecular weight excluding hydrogens is 269 g/mol. The van der Waals surface area contributed by atoms with Crippen LogP contribution in [0, 0.1) is 19.7 Å². The lowest BCUT2D eigenvalue weighted by Gasteiger charge is -2.30. The molecule has 0 spiro atoms. The molecule has 2 aromatic rings. The Bertz CT molecular complexity index is 653. The zero-order chi connectivity index (χ0) is 15.0. The van der Waals surface area contributed by atoms with Gasteiger partial charge < -0.3 is 9.67 Å². The molecule has 4 nitrogen and oxygen atoms in total. The lowest BCUT2D eigenvalue weighted by Crippen LogP contribution is -2.37. The molecular formula is C16H20FN3O. The van der Waals surface area contributed by atoms with E-state index in [-0.39, 0.29) is 5.82 Å². The average molecular weight is 289 g/mol. The molecule has 5 heteroatoms. The molecule has 1 N–H and O–H groups in total. The highest BCUT2D eigenvalue weighted by Gasteiger charge is 2.23. The summed E-state index contributed by atoms with van der Waals surface area (Å²) in [5.41, 5.74) is 2.62. The summed E-state index contributed by atoms with van der Waals surface area (Å²) in [4.78, 5) is 6.69. The Morgan fingerprint density at radius 3 is 2.81 bits per heavy atom. The standard InChI is InChI=1S/C16H20FN3O/c1-11-12(2)20-8-7-19(10-16(20)18-11)9-15(21)13-5-3-4-6-14(13)17/h3-6,15,21H,7-10H2,1-2H3. The first-order chi connectivity index (χ1) is 10.1. The SMILES string of the molecule is Cc1nc2n(c1C)CCN(CC(O)c1ccccc1F)C2. The van der Waals surface area contributed by atoms with Crippen molar-refractivity contribution in [2.24, 2.45) is 0 Å². The van der Waals surface area contributed by atoms with Crippen LogP contribution >= 0.6 is 0 Å². The van der Waals surface area contributed by atoms with Gasteiger partial charge in [0.1, 0.15) is 11.6 Å². The Kier molecular flexibility index (Phi) is 3.78. The molecule has 112 valence electrons. The van der Waals surface area contributed by atoms with Crippen LogP contribution in [0.5, 0.6) is 0 Å². The van der Waals surface area contributed by atoms with Gasteiger partial charge in [-0.1, -0.05) is 18.2 Å². The molecule has 0 radical (unpaired) electrons. The Hall–Kier alpha value is -1.72. The van der Waals surface area contributed by atoms with Crippen LogP contribution in [0.2, 0.25) is 0 Å². The van der Waals surface area contributed by atoms with Gasteiger partial charge in [0.25, 0.3) is 0 Å². The largest absolute Gasteiger partial charge is 0.387 e. The minimum Gasteiger partial charge on any atom is -0.387 e. The minimum atomic E-state index is -0.810. The molecule has 1 aliphatic rings. The van der Waals surface area contributed by atoms with Gasteiger partial charge in [0.2, 0.25) is 0 Å². The van der Waals surface area contributed by atoms with Crippen LogP contribution in [-0.2, 0) is 13.1 Å². The number of fused-ring (bicyclic) bond motifs is 1. The van der Waals surface area contributed by atoms with E-state index in [0.717, 1.165) is 24.6 Å². The van der Waals surface area contributed by atoms with Crippen LogP contribution in [0.15, 0.2) is 24.3 Å². The van der Waals surface area contributed by atoms with Gasteiger partial charge in [-0.3, -0.25) is 4.90 Å². The van der Waals surface area contributed by atoms with Crippen LogP contribution in [-0.4, -0.2) is 32.6 Å². The summed E-state index contributed by atoms with van der Waals surface area (Å²) in [5, 5.41) is 10.3. The van der Waals surface area contributed by atoms with Gasteiger partial charge in [-0.05, 0) is 19.9 Å². The number of aromatic nitrogens is 2. The zero-order valence-corrected chi connectivity index (χ0v) is 12.4. The average Bonchev–Trinajstić information content (AvgIpc) is 2.74. The highest BCUT2D eigenvalue weighted by atomic mass is 19.1. The number of aliphatic hydroxyl groups is 1. The number of β-amino-alcohol motifs (C(OH)–C–C–N with tert-alkyl or cyclic N) is 1. The molecule has 1 aromatic carbocycles. The van der Waals surface area contributed by atoms with Crippen molar-refractivity contribution >= 4 is 0 Å². The van der Waals surface area contributed by atoms with E-state index in [0.29, 0.717) is 18.7 Å². The first-order valence-electron chi connectivity index (χ1n) is 7.23. The first-order valence-corrected chi connectivity index (χ1v) is 7.23. The van der Waals surface area contributed by atoms with Gasteiger partial charge in [-0.15, -0.1) is 0 Å². The van der Waals surface area contributed by atoms with E-state index in [1.165, 1.54) is 11.8 Å². The lowest BCUT2D eigenvalue weighted by atomic mass is 10.1. The maximum absolute atomic E-state index is 13.7. The van der Waals surface area contributed by atoms with E-state index in [1.807, 2.05) is 6.92 Å². The quantitative estimate of drug-likeness (QED) is 0.941. The summed E-state index contributed by atoms with van der Waals surface area (Å²) in [6, 6.07) is 6.40. The molecule has 0 bridgehead atoms. The molecule has 0 amide bonds. The second-order valence-electron chi connectivity index (χ2n) is 5.62. The summed E-state index contributed by atoms with van der Waals surface area (Å²) < 4.78 is 15.9. The Balaban J connectivity index is 1.71. The fourth-order valence-electron chi connectivity index (χ4n) is 2.91. The number of benzene rings is 1. The number of hydrogen-bond acceptors (Lipinski definition) is 3. The van der Waals surface area contributed by atoms with Crippen LogP contribution < -0.4 is 0 Å². The second-order valence-corrected chi connectivity index (χ2v) is 5.62. The van der Waals surface area contributed by atoms with E-state index in [1.54, 1.807) is 18.2 Å².